The highest BCUT2D eigenvalue weighted by atomic mass is 16.7. The van der Waals surface area contributed by atoms with Crippen molar-refractivity contribution in [3.8, 4) is 5.75 Å². The first-order valence-electron chi connectivity index (χ1n) is 16.5. The van der Waals surface area contributed by atoms with Crippen LogP contribution in [0.1, 0.15) is 43.5 Å². The van der Waals surface area contributed by atoms with Crippen LogP contribution in [-0.2, 0) is 39.9 Å². The molecule has 3 fully saturated rings. The first-order valence-corrected chi connectivity index (χ1v) is 16.5. The molecule has 1 aromatic carbocycles. The number of allylic oxidation sites excluding steroid dienone is 2. The molecule has 254 valence electrons. The summed E-state index contributed by atoms with van der Waals surface area (Å²) in [5.41, 5.74) is 2.79. The fourth-order valence-electron chi connectivity index (χ4n) is 8.97. The number of hydrogen-bond acceptors (Lipinski definition) is 10. The minimum absolute atomic E-state index is 0.0229. The monoisotopic (exact) mass is 660 g/mol. The van der Waals surface area contributed by atoms with Crippen molar-refractivity contribution in [3.63, 3.8) is 0 Å². The van der Waals surface area contributed by atoms with Gasteiger partial charge in [0.1, 0.15) is 12.3 Å². The number of fused-ring (bicyclic) bond motifs is 10. The lowest BCUT2D eigenvalue weighted by atomic mass is 9.74. The van der Waals surface area contributed by atoms with E-state index in [0.29, 0.717) is 41.3 Å². The molecule has 3 amide bonds. The second-order valence-corrected chi connectivity index (χ2v) is 13.2. The van der Waals surface area contributed by atoms with E-state index < -0.39 is 48.2 Å². The molecule has 1 aromatic heterocycles. The summed E-state index contributed by atoms with van der Waals surface area (Å²) in [6.07, 6.45) is 8.17. The molecule has 2 aromatic rings. The normalized spacial score (nSPS) is 29.0. The molecule has 7 rings (SSSR count). The van der Waals surface area contributed by atoms with Crippen LogP contribution >= 0.6 is 0 Å². The van der Waals surface area contributed by atoms with Crippen LogP contribution in [0, 0.1) is 35.5 Å². The van der Waals surface area contributed by atoms with Gasteiger partial charge in [0.2, 0.25) is 0 Å². The number of carbonyl (C=O) groups is 5. The topological polar surface area (TPSA) is 146 Å². The smallest absolute Gasteiger partial charge is 0.352 e. The molecule has 2 aliphatic carbocycles. The summed E-state index contributed by atoms with van der Waals surface area (Å²) in [7, 11) is 4.43. The molecule has 7 unspecified atom stereocenters. The highest BCUT2D eigenvalue weighted by Gasteiger charge is 2.61. The van der Waals surface area contributed by atoms with Gasteiger partial charge in [-0.2, -0.15) is 0 Å². The maximum Gasteiger partial charge on any atom is 0.352 e. The Morgan fingerprint density at radius 2 is 1.75 bits per heavy atom. The van der Waals surface area contributed by atoms with Crippen LogP contribution in [0.5, 0.6) is 5.75 Å². The van der Waals surface area contributed by atoms with E-state index in [1.165, 1.54) is 20.5 Å². The molecule has 1 saturated carbocycles. The Morgan fingerprint density at radius 3 is 2.40 bits per heavy atom. The third-order valence-electron chi connectivity index (χ3n) is 11.0. The van der Waals surface area contributed by atoms with E-state index >= 15 is 0 Å². The first-order chi connectivity index (χ1) is 23.2. The van der Waals surface area contributed by atoms with E-state index in [0.717, 1.165) is 36.0 Å². The van der Waals surface area contributed by atoms with Crippen molar-refractivity contribution < 1.29 is 43.0 Å². The average molecular weight is 661 g/mol. The number of imide groups is 1. The summed E-state index contributed by atoms with van der Waals surface area (Å²) in [5, 5.41) is 4.07. The molecule has 5 aliphatic rings. The second kappa shape index (κ2) is 12.4. The van der Waals surface area contributed by atoms with Crippen molar-refractivity contribution in [3.05, 3.63) is 53.4 Å². The number of amides is 3. The molecule has 13 nitrogen and oxygen atoms in total. The number of ether oxygens (including phenoxy) is 3. The number of hydroxylamine groups is 2. The molecule has 0 radical (unpaired) electrons. The Morgan fingerprint density at radius 1 is 1.02 bits per heavy atom. The van der Waals surface area contributed by atoms with Crippen LogP contribution in [0.4, 0.5) is 4.79 Å². The number of piperidine rings is 1. The zero-order chi connectivity index (χ0) is 33.9. The molecule has 3 aliphatic heterocycles. The number of hydrogen-bond donors (Lipinski definition) is 1. The van der Waals surface area contributed by atoms with Crippen LogP contribution in [0.25, 0.3) is 10.9 Å². The molecule has 13 heteroatoms. The van der Waals surface area contributed by atoms with Gasteiger partial charge in [-0.15, -0.1) is 5.06 Å². The van der Waals surface area contributed by atoms with Gasteiger partial charge < -0.3 is 24.4 Å². The number of carbonyl (C=O) groups excluding carboxylic acids is 5. The van der Waals surface area contributed by atoms with Gasteiger partial charge in [-0.3, -0.25) is 19.1 Å². The van der Waals surface area contributed by atoms with Crippen LogP contribution in [-0.4, -0.2) is 85.3 Å². The molecule has 0 spiro atoms. The maximum atomic E-state index is 14.1. The zero-order valence-electron chi connectivity index (χ0n) is 27.5. The van der Waals surface area contributed by atoms with E-state index in [2.05, 4.69) is 17.1 Å². The number of rotatable bonds is 8. The summed E-state index contributed by atoms with van der Waals surface area (Å²) < 4.78 is 17.8. The van der Waals surface area contributed by atoms with Gasteiger partial charge in [0.05, 0.1) is 56.6 Å². The van der Waals surface area contributed by atoms with E-state index in [1.807, 2.05) is 24.3 Å². The third-order valence-corrected chi connectivity index (χ3v) is 11.0. The molecule has 2 saturated heterocycles. The Balaban J connectivity index is 1.17. The summed E-state index contributed by atoms with van der Waals surface area (Å²) >= 11 is 0. The van der Waals surface area contributed by atoms with Crippen molar-refractivity contribution >= 4 is 40.7 Å². The first kappa shape index (κ1) is 31.9. The highest BCUT2D eigenvalue weighted by molar-refractivity contribution is 6.06. The quantitative estimate of drug-likeness (QED) is 0.147. The van der Waals surface area contributed by atoms with Crippen LogP contribution in [0.3, 0.4) is 0 Å². The van der Waals surface area contributed by atoms with Crippen LogP contribution in [0.15, 0.2) is 42.2 Å². The number of benzene rings is 1. The molecule has 7 atom stereocenters. The van der Waals surface area contributed by atoms with Crippen molar-refractivity contribution in [2.45, 2.75) is 38.6 Å². The average Bonchev–Trinajstić information content (AvgIpc) is 3.87. The number of esters is 1. The van der Waals surface area contributed by atoms with Crippen molar-refractivity contribution in [2.24, 2.45) is 35.5 Å². The van der Waals surface area contributed by atoms with Crippen molar-refractivity contribution in [1.29, 1.82) is 0 Å². The van der Waals surface area contributed by atoms with Gasteiger partial charge in [0, 0.05) is 24.2 Å². The fourth-order valence-corrected chi connectivity index (χ4v) is 8.97. The van der Waals surface area contributed by atoms with Gasteiger partial charge >= 0.3 is 18.0 Å². The number of nitrogens with zero attached hydrogens (tertiary/aromatic N) is 3. The lowest BCUT2D eigenvalue weighted by Gasteiger charge is -2.46. The van der Waals surface area contributed by atoms with Gasteiger partial charge in [0.15, 0.2) is 0 Å². The standard InChI is InChI=1S/C35H40N4O9/c1-5-18-16-37-12-11-21-30-24(7-6-8-26(30)46-3)38(31(21)25(37)14-22(18)23(17-45-2)34(43)47-4)35(44)36-15-27(40)48-39-32(41)28-19-9-10-20(13-19)29(28)33(39)42/h6-10,17-20,22,25,28-29H,5,11-16H2,1-4H3,(H,36,44)/b23-17+. The van der Waals surface area contributed by atoms with Gasteiger partial charge in [-0.1, -0.05) is 31.6 Å². The van der Waals surface area contributed by atoms with Gasteiger partial charge in [0.25, 0.3) is 11.8 Å². The molecule has 4 heterocycles. The second-order valence-electron chi connectivity index (χ2n) is 13.2. The van der Waals surface area contributed by atoms with Gasteiger partial charge in [-0.25, -0.2) is 14.4 Å². The summed E-state index contributed by atoms with van der Waals surface area (Å²) in [6.45, 7) is 2.99. The Bertz CT molecular complexity index is 1730. The predicted molar refractivity (Wildman–Crippen MR) is 170 cm³/mol. The largest absolute Gasteiger partial charge is 0.504 e. The SMILES string of the molecule is CCC1CN2CCc3c(n(C(=O)NCC(=O)ON4C(=O)C5C6C=CC(C6)C5C4=O)c4cccc(OC)c34)C2CC1/C(=C\OC)C(=O)OC. The Kier molecular flexibility index (Phi) is 8.26. The number of methoxy groups -OCH3 is 3. The van der Waals surface area contributed by atoms with E-state index in [1.54, 1.807) is 17.7 Å². The van der Waals surface area contributed by atoms with Crippen LogP contribution < -0.4 is 10.1 Å². The number of aromatic nitrogens is 1. The Hall–Kier alpha value is -4.65. The molecule has 2 bridgehead atoms. The zero-order valence-corrected chi connectivity index (χ0v) is 27.5. The minimum Gasteiger partial charge on any atom is -0.504 e. The summed E-state index contributed by atoms with van der Waals surface area (Å²) in [6, 6.07) is 4.68. The fraction of sp³-hybridized carbons (Fsp3) is 0.514. The maximum absolute atomic E-state index is 14.1. The van der Waals surface area contributed by atoms with E-state index in [-0.39, 0.29) is 29.7 Å². The summed E-state index contributed by atoms with van der Waals surface area (Å²) in [4.78, 5) is 73.6. The highest BCUT2D eigenvalue weighted by Crippen LogP contribution is 2.53. The molecular weight excluding hydrogens is 620 g/mol. The lowest BCUT2D eigenvalue weighted by molar-refractivity contribution is -0.198. The van der Waals surface area contributed by atoms with Gasteiger partial charge in [-0.05, 0) is 60.6 Å². The lowest BCUT2D eigenvalue weighted by Crippen LogP contribution is -2.48. The minimum atomic E-state index is -0.925. The van der Waals surface area contributed by atoms with E-state index in [4.69, 9.17) is 19.0 Å². The third kappa shape index (κ3) is 4.89. The van der Waals surface area contributed by atoms with E-state index in [9.17, 15) is 24.0 Å². The number of nitrogens with one attached hydrogen (secondary N) is 1. The molecular formula is C35H40N4O9. The molecule has 1 N–H and O–H groups in total. The Labute approximate surface area is 277 Å². The summed E-state index contributed by atoms with van der Waals surface area (Å²) in [5.74, 6) is -2.87. The molecule has 48 heavy (non-hydrogen) atoms. The van der Waals surface area contributed by atoms with Crippen molar-refractivity contribution in [2.75, 3.05) is 41.0 Å². The van der Waals surface area contributed by atoms with Crippen LogP contribution in [0.2, 0.25) is 0 Å². The predicted octanol–water partition coefficient (Wildman–Crippen LogP) is 3.12. The van der Waals surface area contributed by atoms with Crippen molar-refractivity contribution in [1.82, 2.24) is 19.8 Å².